The molecular weight excluding hydrogens is 488 g/mol. The summed E-state index contributed by atoms with van der Waals surface area (Å²) in [6.45, 7) is 2.61. The third-order valence-electron chi connectivity index (χ3n) is 4.79. The van der Waals surface area contributed by atoms with Gasteiger partial charge in [0.15, 0.2) is 6.10 Å². The van der Waals surface area contributed by atoms with Crippen molar-refractivity contribution in [1.29, 1.82) is 0 Å². The Labute approximate surface area is 202 Å². The minimum Gasteiger partial charge on any atom is -0.463 e. The minimum atomic E-state index is -0.741. The second kappa shape index (κ2) is 11.9. The van der Waals surface area contributed by atoms with E-state index >= 15 is 0 Å². The van der Waals surface area contributed by atoms with Gasteiger partial charge in [0.1, 0.15) is 0 Å². The summed E-state index contributed by atoms with van der Waals surface area (Å²) in [5.41, 5.74) is 9.36. The normalized spacial score (nSPS) is 12.6. The molecule has 3 aromatic rings. The lowest BCUT2D eigenvalue weighted by molar-refractivity contribution is -0.127. The van der Waals surface area contributed by atoms with E-state index in [2.05, 4.69) is 44.2 Å². The van der Waals surface area contributed by atoms with Crippen molar-refractivity contribution in [3.05, 3.63) is 76.8 Å². The number of rotatable bonds is 10. The zero-order valence-electron chi connectivity index (χ0n) is 17.8. The molecule has 168 valence electrons. The maximum Gasteiger partial charge on any atom is 0.261 e. The summed E-state index contributed by atoms with van der Waals surface area (Å²) in [6.07, 6.45) is -0.741. The largest absolute Gasteiger partial charge is 0.463 e. The van der Waals surface area contributed by atoms with Crippen LogP contribution in [0.4, 0.5) is 5.69 Å². The van der Waals surface area contributed by atoms with Crippen molar-refractivity contribution in [1.82, 2.24) is 10.3 Å². The summed E-state index contributed by atoms with van der Waals surface area (Å²) >= 11 is 7.72. The number of ether oxygens (including phenoxy) is 1. The number of amides is 1. The number of hydrogen-bond donors (Lipinski definition) is 4. The van der Waals surface area contributed by atoms with Gasteiger partial charge >= 0.3 is 0 Å². The van der Waals surface area contributed by atoms with Crippen molar-refractivity contribution in [3.8, 4) is 17.1 Å². The van der Waals surface area contributed by atoms with Gasteiger partial charge in [-0.3, -0.25) is 4.79 Å². The molecule has 3 rings (SSSR count). The summed E-state index contributed by atoms with van der Waals surface area (Å²) < 4.78 is 6.94. The highest BCUT2D eigenvalue weighted by atomic mass is 79.9. The van der Waals surface area contributed by atoms with E-state index in [0.29, 0.717) is 30.4 Å². The fourth-order valence-corrected chi connectivity index (χ4v) is 3.48. The molecule has 8 heteroatoms. The molecule has 1 unspecified atom stereocenters. The quantitative estimate of drug-likeness (QED) is 0.303. The van der Waals surface area contributed by atoms with E-state index in [0.717, 1.165) is 21.3 Å². The van der Waals surface area contributed by atoms with Crippen LogP contribution in [0.25, 0.3) is 11.3 Å². The zero-order chi connectivity index (χ0) is 22.9. The summed E-state index contributed by atoms with van der Waals surface area (Å²) in [5, 5.41) is 6.17. The molecule has 32 heavy (non-hydrogen) atoms. The molecule has 0 saturated carbocycles. The topological polar surface area (TPSA) is 89.3 Å². The van der Waals surface area contributed by atoms with E-state index in [1.165, 1.54) is 0 Å². The minimum absolute atomic E-state index is 0.120. The SMILES string of the molecule is C[C@@H](Oc1nc(-c2ccccc2)ccc1NCC(N)CS)C(=O)NCc1ccccc1Br. The van der Waals surface area contributed by atoms with Gasteiger partial charge in [-0.1, -0.05) is 64.5 Å². The molecule has 4 N–H and O–H groups in total. The van der Waals surface area contributed by atoms with Gasteiger partial charge in [0.25, 0.3) is 5.91 Å². The lowest BCUT2D eigenvalue weighted by Gasteiger charge is -2.19. The Morgan fingerprint density at radius 1 is 1.12 bits per heavy atom. The van der Waals surface area contributed by atoms with E-state index in [4.69, 9.17) is 10.5 Å². The van der Waals surface area contributed by atoms with E-state index in [-0.39, 0.29) is 11.9 Å². The first-order valence-electron chi connectivity index (χ1n) is 10.3. The van der Waals surface area contributed by atoms with Crippen LogP contribution >= 0.6 is 28.6 Å². The van der Waals surface area contributed by atoms with Crippen molar-refractivity contribution < 1.29 is 9.53 Å². The molecule has 0 spiro atoms. The molecular formula is C24H27BrN4O2S. The highest BCUT2D eigenvalue weighted by molar-refractivity contribution is 9.10. The average Bonchev–Trinajstić information content (AvgIpc) is 2.82. The first kappa shape index (κ1) is 24.1. The van der Waals surface area contributed by atoms with Gasteiger partial charge in [-0.05, 0) is 30.7 Å². The Morgan fingerprint density at radius 3 is 2.56 bits per heavy atom. The Bertz CT molecular complexity index is 1040. The van der Waals surface area contributed by atoms with Gasteiger partial charge in [0, 0.05) is 34.9 Å². The van der Waals surface area contributed by atoms with E-state index < -0.39 is 6.10 Å². The van der Waals surface area contributed by atoms with Crippen LogP contribution in [-0.2, 0) is 11.3 Å². The highest BCUT2D eigenvalue weighted by Gasteiger charge is 2.19. The average molecular weight is 515 g/mol. The predicted molar refractivity (Wildman–Crippen MR) is 136 cm³/mol. The van der Waals surface area contributed by atoms with Crippen molar-refractivity contribution >= 4 is 40.2 Å². The number of pyridine rings is 1. The Morgan fingerprint density at radius 2 is 1.84 bits per heavy atom. The van der Waals surface area contributed by atoms with Crippen LogP contribution in [-0.4, -0.2) is 35.3 Å². The summed E-state index contributed by atoms with van der Waals surface area (Å²) in [6, 6.07) is 21.2. The molecule has 0 aliphatic carbocycles. The monoisotopic (exact) mass is 514 g/mol. The summed E-state index contributed by atoms with van der Waals surface area (Å²) in [5.74, 6) is 0.666. The molecule has 6 nitrogen and oxygen atoms in total. The lowest BCUT2D eigenvalue weighted by Crippen LogP contribution is -2.36. The van der Waals surface area contributed by atoms with Gasteiger partial charge in [0.2, 0.25) is 5.88 Å². The Kier molecular flexibility index (Phi) is 8.96. The van der Waals surface area contributed by atoms with E-state index in [9.17, 15) is 4.79 Å². The number of carbonyl (C=O) groups is 1. The maximum absolute atomic E-state index is 12.7. The number of nitrogens with zero attached hydrogens (tertiary/aromatic N) is 1. The van der Waals surface area contributed by atoms with E-state index in [1.54, 1.807) is 6.92 Å². The van der Waals surface area contributed by atoms with Crippen LogP contribution in [0.5, 0.6) is 5.88 Å². The van der Waals surface area contributed by atoms with Crippen LogP contribution in [0.2, 0.25) is 0 Å². The second-order valence-electron chi connectivity index (χ2n) is 7.31. The van der Waals surface area contributed by atoms with Gasteiger partial charge in [-0.2, -0.15) is 12.6 Å². The third-order valence-corrected chi connectivity index (χ3v) is 6.03. The number of thiol groups is 1. The lowest BCUT2D eigenvalue weighted by atomic mass is 10.1. The molecule has 1 aromatic heterocycles. The molecule has 1 heterocycles. The number of hydrogen-bond acceptors (Lipinski definition) is 6. The first-order valence-corrected chi connectivity index (χ1v) is 11.7. The summed E-state index contributed by atoms with van der Waals surface area (Å²) in [4.78, 5) is 17.4. The number of anilines is 1. The number of carbonyl (C=O) groups excluding carboxylic acids is 1. The molecule has 0 bridgehead atoms. The fraction of sp³-hybridized carbons (Fsp3) is 0.250. The van der Waals surface area contributed by atoms with Crippen LogP contribution < -0.4 is 21.1 Å². The number of aromatic nitrogens is 1. The van der Waals surface area contributed by atoms with Gasteiger partial charge in [-0.15, -0.1) is 0 Å². The number of benzene rings is 2. The first-order chi connectivity index (χ1) is 15.5. The number of nitrogens with two attached hydrogens (primary N) is 1. The molecule has 2 aromatic carbocycles. The predicted octanol–water partition coefficient (Wildman–Crippen LogP) is 4.26. The molecule has 0 aliphatic heterocycles. The van der Waals surface area contributed by atoms with Crippen LogP contribution in [0.1, 0.15) is 12.5 Å². The third kappa shape index (κ3) is 6.72. The smallest absolute Gasteiger partial charge is 0.261 e. The Balaban J connectivity index is 1.75. The number of halogens is 1. The maximum atomic E-state index is 12.7. The van der Waals surface area contributed by atoms with Gasteiger partial charge in [-0.25, -0.2) is 4.98 Å². The van der Waals surface area contributed by atoms with E-state index in [1.807, 2.05) is 66.7 Å². The van der Waals surface area contributed by atoms with Crippen LogP contribution in [0, 0.1) is 0 Å². The molecule has 1 amide bonds. The van der Waals surface area contributed by atoms with Crippen molar-refractivity contribution in [2.75, 3.05) is 17.6 Å². The molecule has 0 radical (unpaired) electrons. The Hall–Kier alpha value is -2.55. The van der Waals surface area contributed by atoms with Crippen molar-refractivity contribution in [3.63, 3.8) is 0 Å². The van der Waals surface area contributed by atoms with Crippen molar-refractivity contribution in [2.24, 2.45) is 5.73 Å². The summed E-state index contributed by atoms with van der Waals surface area (Å²) in [7, 11) is 0. The highest BCUT2D eigenvalue weighted by Crippen LogP contribution is 2.28. The zero-order valence-corrected chi connectivity index (χ0v) is 20.3. The molecule has 0 aliphatic rings. The molecule has 0 fully saturated rings. The molecule has 2 atom stereocenters. The van der Waals surface area contributed by atoms with Crippen molar-refractivity contribution in [2.45, 2.75) is 25.6 Å². The fourth-order valence-electron chi connectivity index (χ4n) is 2.93. The van der Waals surface area contributed by atoms with Crippen LogP contribution in [0.15, 0.2) is 71.2 Å². The van der Waals surface area contributed by atoms with Gasteiger partial charge < -0.3 is 21.1 Å². The van der Waals surface area contributed by atoms with Gasteiger partial charge in [0.05, 0.1) is 11.4 Å². The number of nitrogens with one attached hydrogen (secondary N) is 2. The second-order valence-corrected chi connectivity index (χ2v) is 8.53. The standard InChI is InChI=1S/C24H27BrN4O2S/c1-16(23(30)28-13-18-9-5-6-10-20(18)25)31-24-22(27-14-19(26)15-32)12-11-21(29-24)17-7-3-2-4-8-17/h2-12,16,19,27,32H,13-15,26H2,1H3,(H,28,30)/t16-,19?/m1/s1. The molecule has 0 saturated heterocycles. The van der Waals surface area contributed by atoms with Crippen LogP contribution in [0.3, 0.4) is 0 Å².